The zero-order valence-electron chi connectivity index (χ0n) is 14.8. The zero-order valence-corrected chi connectivity index (χ0v) is 14.8. The quantitative estimate of drug-likeness (QED) is 0.409. The van der Waals surface area contributed by atoms with Crippen molar-refractivity contribution in [2.75, 3.05) is 0 Å². The second-order valence-corrected chi connectivity index (χ2v) is 6.38. The van der Waals surface area contributed by atoms with Crippen LogP contribution in [0.3, 0.4) is 0 Å². The fraction of sp³-hybridized carbons (Fsp3) is 0.0417. The van der Waals surface area contributed by atoms with E-state index in [4.69, 9.17) is 11.3 Å². The van der Waals surface area contributed by atoms with E-state index >= 15 is 0 Å². The summed E-state index contributed by atoms with van der Waals surface area (Å²) in [4.78, 5) is 3.42. The Balaban J connectivity index is 1.95. The lowest BCUT2D eigenvalue weighted by Gasteiger charge is -2.17. The molecule has 3 heteroatoms. The van der Waals surface area contributed by atoms with Gasteiger partial charge in [-0.25, -0.2) is 4.85 Å². The van der Waals surface area contributed by atoms with Crippen molar-refractivity contribution in [3.05, 3.63) is 95.8 Å². The SMILES string of the molecule is [C-]#[N+]c1ccc(Oc2c(-c3ccccc3)c(C)cc3cc(O)ccc23)cc1. The average molecular weight is 351 g/mol. The number of benzene rings is 4. The number of phenols is 1. The molecule has 0 radical (unpaired) electrons. The highest BCUT2D eigenvalue weighted by atomic mass is 16.5. The van der Waals surface area contributed by atoms with E-state index in [0.717, 1.165) is 33.2 Å². The van der Waals surface area contributed by atoms with E-state index in [2.05, 4.69) is 23.0 Å². The predicted octanol–water partition coefficient (Wildman–Crippen LogP) is 6.86. The van der Waals surface area contributed by atoms with Gasteiger partial charge in [0.1, 0.15) is 17.2 Å². The van der Waals surface area contributed by atoms with Crippen molar-refractivity contribution in [1.29, 1.82) is 0 Å². The van der Waals surface area contributed by atoms with Crippen molar-refractivity contribution < 1.29 is 9.84 Å². The first-order valence-corrected chi connectivity index (χ1v) is 8.63. The molecule has 0 unspecified atom stereocenters. The van der Waals surface area contributed by atoms with Crippen LogP contribution >= 0.6 is 0 Å². The summed E-state index contributed by atoms with van der Waals surface area (Å²) in [5.41, 5.74) is 3.72. The van der Waals surface area contributed by atoms with Gasteiger partial charge in [-0.15, -0.1) is 0 Å². The number of aryl methyl sites for hydroxylation is 1. The van der Waals surface area contributed by atoms with Crippen LogP contribution in [0.4, 0.5) is 5.69 Å². The van der Waals surface area contributed by atoms with E-state index in [-0.39, 0.29) is 5.75 Å². The van der Waals surface area contributed by atoms with Crippen LogP contribution in [-0.2, 0) is 0 Å². The lowest BCUT2D eigenvalue weighted by atomic mass is 9.94. The number of phenolic OH excluding ortho intramolecular Hbond substituents is 1. The Morgan fingerprint density at radius 3 is 2.33 bits per heavy atom. The molecule has 1 N–H and O–H groups in total. The average Bonchev–Trinajstić information content (AvgIpc) is 2.69. The molecule has 0 fully saturated rings. The zero-order chi connectivity index (χ0) is 18.8. The molecule has 4 aromatic rings. The highest BCUT2D eigenvalue weighted by molar-refractivity contribution is 5.97. The van der Waals surface area contributed by atoms with Gasteiger partial charge in [-0.1, -0.05) is 48.5 Å². The maximum Gasteiger partial charge on any atom is 0.187 e. The van der Waals surface area contributed by atoms with Crippen LogP contribution in [0, 0.1) is 13.5 Å². The van der Waals surface area contributed by atoms with Gasteiger partial charge in [0, 0.05) is 10.9 Å². The van der Waals surface area contributed by atoms with Crippen LogP contribution in [0.2, 0.25) is 0 Å². The van der Waals surface area contributed by atoms with Crippen molar-refractivity contribution in [3.63, 3.8) is 0 Å². The molecule has 3 nitrogen and oxygen atoms in total. The Labute approximate surface area is 157 Å². The first-order chi connectivity index (χ1) is 13.2. The Morgan fingerprint density at radius 1 is 0.889 bits per heavy atom. The number of hydrogen-bond donors (Lipinski definition) is 1. The smallest absolute Gasteiger partial charge is 0.187 e. The largest absolute Gasteiger partial charge is 0.508 e. The third-order valence-corrected chi connectivity index (χ3v) is 4.52. The minimum absolute atomic E-state index is 0.224. The number of rotatable bonds is 3. The summed E-state index contributed by atoms with van der Waals surface area (Å²) >= 11 is 0. The molecular weight excluding hydrogens is 334 g/mol. The number of hydrogen-bond acceptors (Lipinski definition) is 2. The summed E-state index contributed by atoms with van der Waals surface area (Å²) in [5, 5.41) is 11.7. The van der Waals surface area contributed by atoms with Gasteiger partial charge in [-0.3, -0.25) is 0 Å². The summed E-state index contributed by atoms with van der Waals surface area (Å²) in [6.45, 7) is 9.14. The van der Waals surface area contributed by atoms with Crippen LogP contribution in [0.25, 0.3) is 26.7 Å². The molecular formula is C24H17NO2. The number of ether oxygens (including phenoxy) is 1. The standard InChI is InChI=1S/C24H17NO2/c1-16-14-18-15-20(26)10-13-22(18)24(23(16)17-6-4-3-5-7-17)27-21-11-8-19(25-2)9-12-21/h3-15,26H,1H3. The second-order valence-electron chi connectivity index (χ2n) is 6.38. The molecule has 0 bridgehead atoms. The number of aromatic hydroxyl groups is 1. The van der Waals surface area contributed by atoms with Crippen LogP contribution in [0.15, 0.2) is 78.9 Å². The highest BCUT2D eigenvalue weighted by Crippen LogP contribution is 2.42. The molecule has 4 rings (SSSR count). The third-order valence-electron chi connectivity index (χ3n) is 4.52. The second kappa shape index (κ2) is 6.86. The topological polar surface area (TPSA) is 33.8 Å². The van der Waals surface area contributed by atoms with Crippen LogP contribution in [0.5, 0.6) is 17.2 Å². The normalized spacial score (nSPS) is 10.5. The van der Waals surface area contributed by atoms with Gasteiger partial charge in [-0.05, 0) is 53.8 Å². The molecule has 0 spiro atoms. The van der Waals surface area contributed by atoms with E-state index in [1.54, 1.807) is 36.4 Å². The van der Waals surface area contributed by atoms with Crippen molar-refractivity contribution in [3.8, 4) is 28.4 Å². The van der Waals surface area contributed by atoms with E-state index in [1.165, 1.54) is 0 Å². The Morgan fingerprint density at radius 2 is 1.63 bits per heavy atom. The first kappa shape index (κ1) is 16.7. The molecule has 130 valence electrons. The number of nitrogens with zero attached hydrogens (tertiary/aromatic N) is 1. The van der Waals surface area contributed by atoms with E-state index in [9.17, 15) is 5.11 Å². The Hall–Kier alpha value is -3.77. The molecule has 0 aromatic heterocycles. The van der Waals surface area contributed by atoms with Crippen LogP contribution in [0.1, 0.15) is 5.56 Å². The van der Waals surface area contributed by atoms with E-state index in [1.807, 2.05) is 31.2 Å². The molecule has 0 aliphatic carbocycles. The number of fused-ring (bicyclic) bond motifs is 1. The van der Waals surface area contributed by atoms with Crippen LogP contribution < -0.4 is 4.74 Å². The Bertz CT molecular complexity index is 1160. The monoisotopic (exact) mass is 351 g/mol. The third kappa shape index (κ3) is 3.21. The first-order valence-electron chi connectivity index (χ1n) is 8.63. The van der Waals surface area contributed by atoms with Gasteiger partial charge < -0.3 is 9.84 Å². The van der Waals surface area contributed by atoms with Gasteiger partial charge in [0.15, 0.2) is 5.69 Å². The molecule has 0 amide bonds. The molecule has 4 aromatic carbocycles. The maximum atomic E-state index is 9.88. The molecule has 0 heterocycles. The lowest BCUT2D eigenvalue weighted by molar-refractivity contribution is 0.475. The molecule has 0 aliphatic rings. The fourth-order valence-electron chi connectivity index (χ4n) is 3.27. The molecule has 27 heavy (non-hydrogen) atoms. The predicted molar refractivity (Wildman–Crippen MR) is 109 cm³/mol. The summed E-state index contributed by atoms with van der Waals surface area (Å²) in [7, 11) is 0. The van der Waals surface area contributed by atoms with Gasteiger partial charge in [0.25, 0.3) is 0 Å². The van der Waals surface area contributed by atoms with E-state index < -0.39 is 0 Å². The van der Waals surface area contributed by atoms with Crippen LogP contribution in [-0.4, -0.2) is 5.11 Å². The molecule has 0 saturated carbocycles. The van der Waals surface area contributed by atoms with Gasteiger partial charge in [0.05, 0.1) is 6.57 Å². The van der Waals surface area contributed by atoms with Crippen molar-refractivity contribution in [2.24, 2.45) is 0 Å². The van der Waals surface area contributed by atoms with Crippen molar-refractivity contribution in [1.82, 2.24) is 0 Å². The summed E-state index contributed by atoms with van der Waals surface area (Å²) < 4.78 is 6.31. The molecule has 0 aliphatic heterocycles. The lowest BCUT2D eigenvalue weighted by Crippen LogP contribution is -1.93. The maximum absolute atomic E-state index is 9.88. The highest BCUT2D eigenvalue weighted by Gasteiger charge is 2.16. The molecule has 0 atom stereocenters. The summed E-state index contributed by atoms with van der Waals surface area (Å²) in [5.74, 6) is 1.63. The summed E-state index contributed by atoms with van der Waals surface area (Å²) in [6, 6.07) is 24.6. The van der Waals surface area contributed by atoms with Gasteiger partial charge >= 0.3 is 0 Å². The van der Waals surface area contributed by atoms with Gasteiger partial charge in [-0.2, -0.15) is 0 Å². The van der Waals surface area contributed by atoms with E-state index in [0.29, 0.717) is 11.4 Å². The minimum atomic E-state index is 0.224. The fourth-order valence-corrected chi connectivity index (χ4v) is 3.27. The van der Waals surface area contributed by atoms with Crippen molar-refractivity contribution >= 4 is 16.5 Å². The molecule has 0 saturated heterocycles. The van der Waals surface area contributed by atoms with Gasteiger partial charge in [0.2, 0.25) is 0 Å². The minimum Gasteiger partial charge on any atom is -0.508 e. The Kier molecular flexibility index (Phi) is 4.24. The van der Waals surface area contributed by atoms with Crippen molar-refractivity contribution in [2.45, 2.75) is 6.92 Å². The summed E-state index contributed by atoms with van der Waals surface area (Å²) in [6.07, 6.45) is 0.